The van der Waals surface area contributed by atoms with E-state index in [1.807, 2.05) is 7.05 Å². The fraction of sp³-hybridized carbons (Fsp3) is 0.538. The number of hydrogen-bond acceptors (Lipinski definition) is 1. The van der Waals surface area contributed by atoms with Crippen molar-refractivity contribution in [3.8, 4) is 0 Å². The van der Waals surface area contributed by atoms with Crippen LogP contribution >= 0.6 is 15.9 Å². The van der Waals surface area contributed by atoms with Gasteiger partial charge in [-0.2, -0.15) is 0 Å². The molecule has 0 aromatic heterocycles. The van der Waals surface area contributed by atoms with Gasteiger partial charge in [0.05, 0.1) is 0 Å². The van der Waals surface area contributed by atoms with Crippen molar-refractivity contribution in [3.05, 3.63) is 34.3 Å². The standard InChI is InChI=1S/C13H20BrN/c1-3-13(15-2)6-4-5-11-7-9-12(14)10-8-11/h7-10,13,15H,3-6H2,1-2H3. The third-order valence-corrected chi connectivity index (χ3v) is 3.36. The molecule has 0 saturated carbocycles. The zero-order valence-corrected chi connectivity index (χ0v) is 11.2. The predicted molar refractivity (Wildman–Crippen MR) is 70.2 cm³/mol. The molecule has 0 fully saturated rings. The van der Waals surface area contributed by atoms with Crippen molar-refractivity contribution >= 4 is 15.9 Å². The Bertz CT molecular complexity index is 264. The van der Waals surface area contributed by atoms with E-state index in [0.29, 0.717) is 6.04 Å². The Labute approximate surface area is 101 Å². The van der Waals surface area contributed by atoms with Gasteiger partial charge in [-0.25, -0.2) is 0 Å². The van der Waals surface area contributed by atoms with Gasteiger partial charge in [0, 0.05) is 10.5 Å². The van der Waals surface area contributed by atoms with Gasteiger partial charge >= 0.3 is 0 Å². The predicted octanol–water partition coefficient (Wildman–Crippen LogP) is 3.77. The minimum atomic E-state index is 0.681. The van der Waals surface area contributed by atoms with Crippen LogP contribution in [0.4, 0.5) is 0 Å². The van der Waals surface area contributed by atoms with Crippen LogP contribution < -0.4 is 5.32 Å². The molecule has 15 heavy (non-hydrogen) atoms. The first-order valence-corrected chi connectivity index (χ1v) is 6.47. The van der Waals surface area contributed by atoms with Crippen LogP contribution in [0, 0.1) is 0 Å². The Kier molecular flexibility index (Phi) is 5.96. The van der Waals surface area contributed by atoms with Crippen molar-refractivity contribution in [1.82, 2.24) is 5.32 Å². The summed E-state index contributed by atoms with van der Waals surface area (Å²) in [4.78, 5) is 0. The normalized spacial score (nSPS) is 12.7. The minimum Gasteiger partial charge on any atom is -0.317 e. The molecule has 1 N–H and O–H groups in total. The van der Waals surface area contributed by atoms with Crippen LogP contribution in [0.15, 0.2) is 28.7 Å². The van der Waals surface area contributed by atoms with E-state index >= 15 is 0 Å². The second-order valence-corrected chi connectivity index (χ2v) is 4.83. The highest BCUT2D eigenvalue weighted by Crippen LogP contribution is 2.13. The van der Waals surface area contributed by atoms with Crippen molar-refractivity contribution in [2.75, 3.05) is 7.05 Å². The monoisotopic (exact) mass is 269 g/mol. The molecular formula is C13H20BrN. The third-order valence-electron chi connectivity index (χ3n) is 2.83. The van der Waals surface area contributed by atoms with Crippen LogP contribution in [0.3, 0.4) is 0 Å². The lowest BCUT2D eigenvalue weighted by atomic mass is 10.0. The zero-order chi connectivity index (χ0) is 11.1. The fourth-order valence-electron chi connectivity index (χ4n) is 1.76. The van der Waals surface area contributed by atoms with Crippen LogP contribution in [0.5, 0.6) is 0 Å². The van der Waals surface area contributed by atoms with E-state index in [9.17, 15) is 0 Å². The molecule has 1 unspecified atom stereocenters. The van der Waals surface area contributed by atoms with E-state index in [4.69, 9.17) is 0 Å². The van der Waals surface area contributed by atoms with Crippen molar-refractivity contribution in [2.24, 2.45) is 0 Å². The average Bonchev–Trinajstić information content (AvgIpc) is 2.27. The summed E-state index contributed by atoms with van der Waals surface area (Å²) >= 11 is 3.45. The number of halogens is 1. The topological polar surface area (TPSA) is 12.0 Å². The molecule has 0 spiro atoms. The van der Waals surface area contributed by atoms with E-state index in [-0.39, 0.29) is 0 Å². The average molecular weight is 270 g/mol. The summed E-state index contributed by atoms with van der Waals surface area (Å²) in [5.41, 5.74) is 1.43. The molecule has 0 heterocycles. The summed E-state index contributed by atoms with van der Waals surface area (Å²) in [6, 6.07) is 9.31. The molecule has 0 aliphatic carbocycles. The molecule has 1 aromatic carbocycles. The summed E-state index contributed by atoms with van der Waals surface area (Å²) in [6.45, 7) is 2.24. The highest BCUT2D eigenvalue weighted by atomic mass is 79.9. The largest absolute Gasteiger partial charge is 0.317 e. The number of aryl methyl sites for hydroxylation is 1. The van der Waals surface area contributed by atoms with Gasteiger partial charge in [-0.05, 0) is 50.4 Å². The quantitative estimate of drug-likeness (QED) is 0.829. The Morgan fingerprint density at radius 2 is 1.93 bits per heavy atom. The first-order chi connectivity index (χ1) is 7.26. The maximum atomic E-state index is 3.45. The molecule has 0 radical (unpaired) electrons. The molecule has 1 rings (SSSR count). The van der Waals surface area contributed by atoms with Crippen LogP contribution in [-0.2, 0) is 6.42 Å². The molecule has 0 bridgehead atoms. The van der Waals surface area contributed by atoms with E-state index in [1.165, 1.54) is 31.2 Å². The summed E-state index contributed by atoms with van der Waals surface area (Å²) < 4.78 is 1.16. The van der Waals surface area contributed by atoms with Gasteiger partial charge in [-0.3, -0.25) is 0 Å². The summed E-state index contributed by atoms with van der Waals surface area (Å²) in [5, 5.41) is 3.34. The molecule has 2 heteroatoms. The lowest BCUT2D eigenvalue weighted by Gasteiger charge is -2.13. The third kappa shape index (κ3) is 4.80. The van der Waals surface area contributed by atoms with Gasteiger partial charge in [-0.15, -0.1) is 0 Å². The Morgan fingerprint density at radius 3 is 2.47 bits per heavy atom. The first kappa shape index (κ1) is 12.7. The first-order valence-electron chi connectivity index (χ1n) is 5.68. The molecule has 1 aromatic rings. The number of benzene rings is 1. The second kappa shape index (κ2) is 7.02. The molecule has 0 saturated heterocycles. The van der Waals surface area contributed by atoms with E-state index < -0.39 is 0 Å². The van der Waals surface area contributed by atoms with Gasteiger partial charge < -0.3 is 5.32 Å². The van der Waals surface area contributed by atoms with Crippen LogP contribution in [0.25, 0.3) is 0 Å². The van der Waals surface area contributed by atoms with Gasteiger partial charge in [0.1, 0.15) is 0 Å². The van der Waals surface area contributed by atoms with Gasteiger partial charge in [0.25, 0.3) is 0 Å². The maximum Gasteiger partial charge on any atom is 0.0175 e. The Morgan fingerprint density at radius 1 is 1.27 bits per heavy atom. The van der Waals surface area contributed by atoms with Crippen molar-refractivity contribution < 1.29 is 0 Å². The van der Waals surface area contributed by atoms with E-state index in [2.05, 4.69) is 52.4 Å². The smallest absolute Gasteiger partial charge is 0.0175 e. The van der Waals surface area contributed by atoms with Crippen LogP contribution in [0.2, 0.25) is 0 Å². The Hall–Kier alpha value is -0.340. The second-order valence-electron chi connectivity index (χ2n) is 3.91. The molecule has 0 amide bonds. The van der Waals surface area contributed by atoms with Gasteiger partial charge in [-0.1, -0.05) is 35.0 Å². The van der Waals surface area contributed by atoms with Gasteiger partial charge in [0.15, 0.2) is 0 Å². The van der Waals surface area contributed by atoms with Gasteiger partial charge in [0.2, 0.25) is 0 Å². The molecule has 1 atom stereocenters. The van der Waals surface area contributed by atoms with Crippen molar-refractivity contribution in [1.29, 1.82) is 0 Å². The number of hydrogen-bond donors (Lipinski definition) is 1. The van der Waals surface area contributed by atoms with E-state index in [1.54, 1.807) is 0 Å². The van der Waals surface area contributed by atoms with E-state index in [0.717, 1.165) is 4.47 Å². The SMILES string of the molecule is CCC(CCCc1ccc(Br)cc1)NC. The summed E-state index contributed by atoms with van der Waals surface area (Å²) in [5.74, 6) is 0. The van der Waals surface area contributed by atoms with Crippen LogP contribution in [-0.4, -0.2) is 13.1 Å². The molecule has 0 aliphatic heterocycles. The molecular weight excluding hydrogens is 250 g/mol. The number of rotatable bonds is 6. The zero-order valence-electron chi connectivity index (χ0n) is 9.59. The number of nitrogens with one attached hydrogen (secondary N) is 1. The lowest BCUT2D eigenvalue weighted by molar-refractivity contribution is 0.492. The highest BCUT2D eigenvalue weighted by Gasteiger charge is 2.02. The summed E-state index contributed by atoms with van der Waals surface area (Å²) in [7, 11) is 2.05. The molecule has 0 aliphatic rings. The molecule has 1 nitrogen and oxygen atoms in total. The Balaban J connectivity index is 2.28. The summed E-state index contributed by atoms with van der Waals surface area (Å²) in [6.07, 6.45) is 4.94. The minimum absolute atomic E-state index is 0.681. The lowest BCUT2D eigenvalue weighted by Crippen LogP contribution is -2.23. The highest BCUT2D eigenvalue weighted by molar-refractivity contribution is 9.10. The van der Waals surface area contributed by atoms with Crippen LogP contribution in [0.1, 0.15) is 31.7 Å². The molecule has 84 valence electrons. The fourth-order valence-corrected chi connectivity index (χ4v) is 2.02. The maximum absolute atomic E-state index is 3.45. The van der Waals surface area contributed by atoms with Crippen molar-refractivity contribution in [3.63, 3.8) is 0 Å². The van der Waals surface area contributed by atoms with Crippen molar-refractivity contribution in [2.45, 2.75) is 38.6 Å².